The van der Waals surface area contributed by atoms with E-state index in [1.54, 1.807) is 0 Å². The van der Waals surface area contributed by atoms with E-state index in [9.17, 15) is 8.42 Å². The van der Waals surface area contributed by atoms with Gasteiger partial charge in [0.25, 0.3) is 0 Å². The Labute approximate surface area is 116 Å². The molecule has 100 valence electrons. The molecule has 2 rings (SSSR count). The number of sulfonamides is 1. The van der Waals surface area contributed by atoms with Crippen LogP contribution in [-0.4, -0.2) is 26.8 Å². The average molecular weight is 334 g/mol. The minimum atomic E-state index is -3.07. The molecule has 1 aromatic carbocycles. The molecule has 1 atom stereocenters. The van der Waals surface area contributed by atoms with Gasteiger partial charge in [-0.1, -0.05) is 15.9 Å². The number of hydrogen-bond acceptors (Lipinski definition) is 3. The van der Waals surface area contributed by atoms with E-state index in [0.717, 1.165) is 21.3 Å². The largest absolute Gasteiger partial charge is 0.489 e. The fourth-order valence-corrected chi connectivity index (χ4v) is 3.33. The van der Waals surface area contributed by atoms with Gasteiger partial charge in [-0.15, -0.1) is 0 Å². The van der Waals surface area contributed by atoms with Gasteiger partial charge in [0.05, 0.1) is 5.75 Å². The summed E-state index contributed by atoms with van der Waals surface area (Å²) in [7, 11) is -3.07. The molecule has 18 heavy (non-hydrogen) atoms. The third-order valence-corrected chi connectivity index (χ3v) is 5.58. The van der Waals surface area contributed by atoms with E-state index in [-0.39, 0.29) is 11.9 Å². The van der Waals surface area contributed by atoms with Crippen molar-refractivity contribution in [2.24, 2.45) is 0 Å². The SMILES string of the molecule is Cc1cc(O[C@@H]2CCS(=O)(=O)NC2)cc(C)c1Br. The fraction of sp³-hybridized carbons (Fsp3) is 0.500. The summed E-state index contributed by atoms with van der Waals surface area (Å²) in [5.74, 6) is 0.922. The van der Waals surface area contributed by atoms with Crippen LogP contribution in [0.5, 0.6) is 5.75 Å². The second kappa shape index (κ2) is 5.19. The molecule has 1 aromatic rings. The van der Waals surface area contributed by atoms with Gasteiger partial charge in [0.15, 0.2) is 0 Å². The van der Waals surface area contributed by atoms with Crippen molar-refractivity contribution in [3.63, 3.8) is 0 Å². The van der Waals surface area contributed by atoms with E-state index in [0.29, 0.717) is 13.0 Å². The molecule has 1 saturated heterocycles. The van der Waals surface area contributed by atoms with Gasteiger partial charge >= 0.3 is 0 Å². The van der Waals surface area contributed by atoms with Crippen molar-refractivity contribution in [3.8, 4) is 5.75 Å². The van der Waals surface area contributed by atoms with Crippen LogP contribution in [0.1, 0.15) is 17.5 Å². The standard InChI is InChI=1S/C12H16BrNO3S/c1-8-5-11(6-9(2)12(8)13)17-10-3-4-18(15,16)14-7-10/h5-6,10,14H,3-4,7H2,1-2H3/t10-/m1/s1. The summed E-state index contributed by atoms with van der Waals surface area (Å²) in [5, 5.41) is 0. The van der Waals surface area contributed by atoms with Crippen LogP contribution in [0, 0.1) is 13.8 Å². The van der Waals surface area contributed by atoms with E-state index >= 15 is 0 Å². The molecule has 4 nitrogen and oxygen atoms in total. The lowest BCUT2D eigenvalue weighted by Gasteiger charge is -2.24. The molecule has 1 aliphatic rings. The molecule has 0 spiro atoms. The number of aryl methyl sites for hydroxylation is 2. The predicted molar refractivity (Wildman–Crippen MR) is 74.4 cm³/mol. The summed E-state index contributed by atoms with van der Waals surface area (Å²) in [6.07, 6.45) is 0.442. The van der Waals surface area contributed by atoms with Crippen molar-refractivity contribution in [1.82, 2.24) is 4.72 Å². The highest BCUT2D eigenvalue weighted by Crippen LogP contribution is 2.27. The van der Waals surface area contributed by atoms with E-state index in [2.05, 4.69) is 20.7 Å². The molecule has 1 N–H and O–H groups in total. The van der Waals surface area contributed by atoms with Crippen LogP contribution in [-0.2, 0) is 10.0 Å². The van der Waals surface area contributed by atoms with Crippen molar-refractivity contribution in [1.29, 1.82) is 0 Å². The third kappa shape index (κ3) is 3.24. The van der Waals surface area contributed by atoms with Crippen LogP contribution in [0.3, 0.4) is 0 Å². The first kappa shape index (κ1) is 13.8. The molecular formula is C12H16BrNO3S. The highest BCUT2D eigenvalue weighted by Gasteiger charge is 2.24. The number of nitrogens with one attached hydrogen (secondary N) is 1. The van der Waals surface area contributed by atoms with Gasteiger partial charge < -0.3 is 4.74 Å². The average Bonchev–Trinajstić information content (AvgIpc) is 2.29. The molecule has 6 heteroatoms. The van der Waals surface area contributed by atoms with Crippen LogP contribution in [0.25, 0.3) is 0 Å². The highest BCUT2D eigenvalue weighted by atomic mass is 79.9. The zero-order valence-electron chi connectivity index (χ0n) is 10.4. The first-order valence-corrected chi connectivity index (χ1v) is 8.22. The van der Waals surface area contributed by atoms with Crippen molar-refractivity contribution < 1.29 is 13.2 Å². The summed E-state index contributed by atoms with van der Waals surface area (Å²) in [4.78, 5) is 0. The topological polar surface area (TPSA) is 55.4 Å². The number of ether oxygens (including phenoxy) is 1. The van der Waals surface area contributed by atoms with Gasteiger partial charge in [0.2, 0.25) is 10.0 Å². The molecule has 1 fully saturated rings. The maximum absolute atomic E-state index is 11.2. The molecular weight excluding hydrogens is 318 g/mol. The Kier molecular flexibility index (Phi) is 3.99. The van der Waals surface area contributed by atoms with E-state index in [1.165, 1.54) is 0 Å². The van der Waals surface area contributed by atoms with E-state index in [1.807, 2.05) is 26.0 Å². The zero-order chi connectivity index (χ0) is 13.3. The molecule has 0 radical (unpaired) electrons. The number of rotatable bonds is 2. The van der Waals surface area contributed by atoms with Crippen molar-refractivity contribution in [2.45, 2.75) is 26.4 Å². The van der Waals surface area contributed by atoms with Gasteiger partial charge in [-0.3, -0.25) is 0 Å². The molecule has 1 heterocycles. The number of halogens is 1. The maximum atomic E-state index is 11.2. The third-order valence-electron chi connectivity index (χ3n) is 2.95. The Bertz CT molecular complexity index is 519. The summed E-state index contributed by atoms with van der Waals surface area (Å²) < 4.78 is 31.9. The Morgan fingerprint density at radius 2 is 1.94 bits per heavy atom. The lowest BCUT2D eigenvalue weighted by Crippen LogP contribution is -2.43. The van der Waals surface area contributed by atoms with Crippen LogP contribution in [0.4, 0.5) is 0 Å². The van der Waals surface area contributed by atoms with Crippen molar-refractivity contribution >= 4 is 26.0 Å². The molecule has 0 saturated carbocycles. The molecule has 0 unspecified atom stereocenters. The summed E-state index contributed by atoms with van der Waals surface area (Å²) in [6, 6.07) is 3.92. The van der Waals surface area contributed by atoms with Gasteiger partial charge in [-0.05, 0) is 37.1 Å². The van der Waals surface area contributed by atoms with Gasteiger partial charge in [0.1, 0.15) is 11.9 Å². The second-order valence-electron chi connectivity index (χ2n) is 4.57. The predicted octanol–water partition coefficient (Wildman–Crippen LogP) is 2.14. The minimum absolute atomic E-state index is 0.0894. The first-order valence-electron chi connectivity index (χ1n) is 5.78. The summed E-state index contributed by atoms with van der Waals surface area (Å²) >= 11 is 3.51. The Hall–Kier alpha value is -0.590. The van der Waals surface area contributed by atoms with Gasteiger partial charge in [-0.2, -0.15) is 0 Å². The fourth-order valence-electron chi connectivity index (χ4n) is 1.95. The quantitative estimate of drug-likeness (QED) is 0.902. The minimum Gasteiger partial charge on any atom is -0.489 e. The highest BCUT2D eigenvalue weighted by molar-refractivity contribution is 9.10. The summed E-state index contributed by atoms with van der Waals surface area (Å²) in [5.41, 5.74) is 2.22. The zero-order valence-corrected chi connectivity index (χ0v) is 12.8. The second-order valence-corrected chi connectivity index (χ2v) is 7.29. The summed E-state index contributed by atoms with van der Waals surface area (Å²) in [6.45, 7) is 4.36. The Balaban J connectivity index is 2.07. The van der Waals surface area contributed by atoms with Crippen molar-refractivity contribution in [2.75, 3.05) is 12.3 Å². The van der Waals surface area contributed by atoms with E-state index in [4.69, 9.17) is 4.74 Å². The number of benzene rings is 1. The number of hydrogen-bond donors (Lipinski definition) is 1. The maximum Gasteiger partial charge on any atom is 0.211 e. The van der Waals surface area contributed by atoms with Crippen LogP contribution < -0.4 is 9.46 Å². The van der Waals surface area contributed by atoms with Gasteiger partial charge in [-0.25, -0.2) is 13.1 Å². The van der Waals surface area contributed by atoms with Crippen LogP contribution in [0.2, 0.25) is 0 Å². The molecule has 0 aromatic heterocycles. The van der Waals surface area contributed by atoms with Crippen LogP contribution >= 0.6 is 15.9 Å². The Morgan fingerprint density at radius 1 is 1.33 bits per heavy atom. The first-order chi connectivity index (χ1) is 8.37. The monoisotopic (exact) mass is 333 g/mol. The lowest BCUT2D eigenvalue weighted by atomic mass is 10.1. The molecule has 0 aliphatic carbocycles. The lowest BCUT2D eigenvalue weighted by molar-refractivity contribution is 0.195. The Morgan fingerprint density at radius 3 is 2.44 bits per heavy atom. The molecule has 0 bridgehead atoms. The molecule has 0 amide bonds. The normalized spacial score (nSPS) is 22.7. The van der Waals surface area contributed by atoms with Crippen LogP contribution in [0.15, 0.2) is 16.6 Å². The van der Waals surface area contributed by atoms with E-state index < -0.39 is 10.0 Å². The molecule has 1 aliphatic heterocycles. The smallest absolute Gasteiger partial charge is 0.211 e. The van der Waals surface area contributed by atoms with Crippen molar-refractivity contribution in [3.05, 3.63) is 27.7 Å². The van der Waals surface area contributed by atoms with Gasteiger partial charge in [0, 0.05) is 17.4 Å².